The number of aromatic nitrogens is 2. The Bertz CT molecular complexity index is 998. The van der Waals surface area contributed by atoms with Gasteiger partial charge in [-0.3, -0.25) is 4.68 Å². The quantitative estimate of drug-likeness (QED) is 0.574. The minimum atomic E-state index is 0.0898. The molecule has 7 heteroatoms. The Morgan fingerprint density at radius 3 is 2.57 bits per heavy atom. The fraction of sp³-hybridized carbons (Fsp3) is 0.286. The Morgan fingerprint density at radius 2 is 1.89 bits per heavy atom. The summed E-state index contributed by atoms with van der Waals surface area (Å²) in [7, 11) is 6.07. The lowest BCUT2D eigenvalue weighted by Gasteiger charge is -2.18. The van der Waals surface area contributed by atoms with Gasteiger partial charge in [-0.05, 0) is 29.8 Å². The van der Waals surface area contributed by atoms with Gasteiger partial charge >= 0.3 is 0 Å². The van der Waals surface area contributed by atoms with Crippen LogP contribution >= 0.6 is 35.0 Å². The first kappa shape index (κ1) is 19.5. The second-order valence-corrected chi connectivity index (χ2v) is 9.08. The molecule has 1 atom stereocenters. The third-order valence-electron chi connectivity index (χ3n) is 4.93. The third kappa shape index (κ3) is 3.59. The van der Waals surface area contributed by atoms with Gasteiger partial charge in [0.05, 0.1) is 10.9 Å². The number of rotatable bonds is 3. The van der Waals surface area contributed by atoms with Gasteiger partial charge in [-0.1, -0.05) is 41.4 Å². The molecule has 0 saturated carbocycles. The van der Waals surface area contributed by atoms with Crippen LogP contribution in [0.25, 0.3) is 11.3 Å². The molecule has 0 aliphatic carbocycles. The first-order valence-electron chi connectivity index (χ1n) is 9.11. The predicted octanol–water partition coefficient (Wildman–Crippen LogP) is 5.71. The van der Waals surface area contributed by atoms with Crippen molar-refractivity contribution in [3.63, 3.8) is 0 Å². The average molecular weight is 433 g/mol. The molecule has 4 nitrogen and oxygen atoms in total. The van der Waals surface area contributed by atoms with E-state index in [1.54, 1.807) is 0 Å². The van der Waals surface area contributed by atoms with Crippen molar-refractivity contribution in [2.24, 2.45) is 7.05 Å². The van der Waals surface area contributed by atoms with Crippen LogP contribution in [-0.4, -0.2) is 36.2 Å². The van der Waals surface area contributed by atoms with Gasteiger partial charge in [0.2, 0.25) is 0 Å². The van der Waals surface area contributed by atoms with E-state index in [-0.39, 0.29) is 5.25 Å². The summed E-state index contributed by atoms with van der Waals surface area (Å²) in [6.45, 7) is 0.887. The van der Waals surface area contributed by atoms with Crippen molar-refractivity contribution in [3.05, 3.63) is 63.6 Å². The van der Waals surface area contributed by atoms with Gasteiger partial charge < -0.3 is 10.2 Å². The van der Waals surface area contributed by atoms with Crippen molar-refractivity contribution in [3.8, 4) is 11.3 Å². The van der Waals surface area contributed by atoms with Gasteiger partial charge in [-0.25, -0.2) is 0 Å². The Hall–Kier alpha value is -1.82. The largest absolute Gasteiger partial charge is 0.378 e. The maximum absolute atomic E-state index is 6.59. The summed E-state index contributed by atoms with van der Waals surface area (Å²) in [4.78, 5) is 2.09. The number of nitrogens with zero attached hydrogens (tertiary/aromatic N) is 3. The molecule has 2 aromatic carbocycles. The van der Waals surface area contributed by atoms with Gasteiger partial charge in [-0.15, -0.1) is 11.8 Å². The van der Waals surface area contributed by atoms with E-state index in [0.29, 0.717) is 10.0 Å². The molecule has 146 valence electrons. The third-order valence-corrected chi connectivity index (χ3v) is 6.75. The van der Waals surface area contributed by atoms with E-state index in [2.05, 4.69) is 34.5 Å². The first-order valence-corrected chi connectivity index (χ1v) is 10.9. The smallest absolute Gasteiger partial charge is 0.129 e. The van der Waals surface area contributed by atoms with Crippen molar-refractivity contribution in [1.82, 2.24) is 9.78 Å². The highest BCUT2D eigenvalue weighted by molar-refractivity contribution is 7.99. The number of benzene rings is 2. The van der Waals surface area contributed by atoms with Crippen LogP contribution in [0.5, 0.6) is 0 Å². The van der Waals surface area contributed by atoms with E-state index in [1.807, 2.05) is 55.8 Å². The van der Waals surface area contributed by atoms with Crippen molar-refractivity contribution in [2.45, 2.75) is 5.25 Å². The van der Waals surface area contributed by atoms with Crippen molar-refractivity contribution >= 4 is 46.5 Å². The zero-order chi connectivity index (χ0) is 19.8. The summed E-state index contributed by atoms with van der Waals surface area (Å²) >= 11 is 14.6. The van der Waals surface area contributed by atoms with Gasteiger partial charge in [0.15, 0.2) is 0 Å². The van der Waals surface area contributed by atoms with Gasteiger partial charge in [-0.2, -0.15) is 5.10 Å². The van der Waals surface area contributed by atoms with E-state index in [4.69, 9.17) is 28.3 Å². The molecule has 2 heterocycles. The van der Waals surface area contributed by atoms with Crippen LogP contribution < -0.4 is 10.2 Å². The molecule has 1 N–H and O–H groups in total. The lowest BCUT2D eigenvalue weighted by atomic mass is 9.99. The molecule has 0 radical (unpaired) electrons. The van der Waals surface area contributed by atoms with Gasteiger partial charge in [0.25, 0.3) is 0 Å². The molecule has 0 saturated heterocycles. The van der Waals surface area contributed by atoms with Crippen LogP contribution in [0.1, 0.15) is 16.4 Å². The number of fused-ring (bicyclic) bond motifs is 1. The summed E-state index contributed by atoms with van der Waals surface area (Å²) in [6, 6.07) is 14.3. The van der Waals surface area contributed by atoms with Crippen LogP contribution in [0.15, 0.2) is 42.5 Å². The highest BCUT2D eigenvalue weighted by atomic mass is 35.5. The number of nitrogens with one attached hydrogen (secondary N) is 1. The molecule has 1 aromatic heterocycles. The second kappa shape index (κ2) is 7.90. The first-order chi connectivity index (χ1) is 13.5. The number of hydrogen-bond donors (Lipinski definition) is 1. The Balaban J connectivity index is 1.87. The molecule has 1 aliphatic heterocycles. The molecule has 0 fully saturated rings. The summed E-state index contributed by atoms with van der Waals surface area (Å²) in [5, 5.41) is 9.84. The van der Waals surface area contributed by atoms with Gasteiger partial charge in [0, 0.05) is 60.3 Å². The predicted molar refractivity (Wildman–Crippen MR) is 122 cm³/mol. The van der Waals surface area contributed by atoms with Crippen molar-refractivity contribution < 1.29 is 0 Å². The highest BCUT2D eigenvalue weighted by Gasteiger charge is 2.30. The fourth-order valence-electron chi connectivity index (χ4n) is 3.52. The molecule has 28 heavy (non-hydrogen) atoms. The van der Waals surface area contributed by atoms with E-state index < -0.39 is 0 Å². The number of anilines is 2. The lowest BCUT2D eigenvalue weighted by Crippen LogP contribution is -2.08. The maximum atomic E-state index is 6.59. The normalized spacial score (nSPS) is 16.2. The molecule has 3 aromatic rings. The summed E-state index contributed by atoms with van der Waals surface area (Å²) in [5.41, 5.74) is 5.49. The minimum Gasteiger partial charge on any atom is -0.378 e. The van der Waals surface area contributed by atoms with Crippen LogP contribution in [0.2, 0.25) is 10.0 Å². The van der Waals surface area contributed by atoms with Gasteiger partial charge in [0.1, 0.15) is 5.82 Å². The van der Waals surface area contributed by atoms with Crippen molar-refractivity contribution in [2.75, 3.05) is 36.6 Å². The van der Waals surface area contributed by atoms with Crippen LogP contribution in [-0.2, 0) is 7.05 Å². The topological polar surface area (TPSA) is 33.1 Å². The van der Waals surface area contributed by atoms with E-state index >= 15 is 0 Å². The minimum absolute atomic E-state index is 0.0898. The molecule has 0 spiro atoms. The monoisotopic (exact) mass is 432 g/mol. The zero-order valence-corrected chi connectivity index (χ0v) is 18.4. The highest BCUT2D eigenvalue weighted by Crippen LogP contribution is 2.47. The second-order valence-electron chi connectivity index (χ2n) is 7.02. The Labute approximate surface area is 179 Å². The summed E-state index contributed by atoms with van der Waals surface area (Å²) < 4.78 is 1.94. The van der Waals surface area contributed by atoms with Crippen molar-refractivity contribution in [1.29, 1.82) is 0 Å². The number of halogens is 2. The van der Waals surface area contributed by atoms with Crippen LogP contribution in [0.4, 0.5) is 11.5 Å². The average Bonchev–Trinajstić information content (AvgIpc) is 2.85. The van der Waals surface area contributed by atoms with Crippen LogP contribution in [0, 0.1) is 0 Å². The lowest BCUT2D eigenvalue weighted by molar-refractivity contribution is 0.774. The Morgan fingerprint density at radius 1 is 1.14 bits per heavy atom. The maximum Gasteiger partial charge on any atom is 0.129 e. The standard InChI is InChI=1S/C21H22Cl2N4S/c1-26(2)15-7-4-13(5-8-15)19-18-20(16-9-6-14(22)12-17(16)23)28-11-10-24-21(18)27(3)25-19/h4-9,12,20,24H,10-11H2,1-3H3. The summed E-state index contributed by atoms with van der Waals surface area (Å²) in [5.74, 6) is 2.03. The zero-order valence-electron chi connectivity index (χ0n) is 16.0. The number of hydrogen-bond acceptors (Lipinski definition) is 4. The number of thioether (sulfide) groups is 1. The molecule has 1 unspecified atom stereocenters. The Kier molecular flexibility index (Phi) is 5.50. The molecular weight excluding hydrogens is 411 g/mol. The van der Waals surface area contributed by atoms with E-state index in [9.17, 15) is 0 Å². The van der Waals surface area contributed by atoms with E-state index in [0.717, 1.165) is 40.6 Å². The summed E-state index contributed by atoms with van der Waals surface area (Å²) in [6.07, 6.45) is 0. The molecule has 0 amide bonds. The fourth-order valence-corrected chi connectivity index (χ4v) is 5.33. The molecular formula is C21H22Cl2N4S. The molecule has 4 rings (SSSR count). The number of aryl methyl sites for hydroxylation is 1. The van der Waals surface area contributed by atoms with E-state index in [1.165, 1.54) is 5.56 Å². The van der Waals surface area contributed by atoms with Crippen LogP contribution in [0.3, 0.4) is 0 Å². The SMILES string of the molecule is CN(C)c1ccc(-c2nn(C)c3c2C(c2ccc(Cl)cc2Cl)SCCN3)cc1. The molecule has 1 aliphatic rings. The molecule has 0 bridgehead atoms.